The molecule has 8 heteroatoms. The number of methoxy groups -OCH3 is 2. The van der Waals surface area contributed by atoms with Gasteiger partial charge in [-0.05, 0) is 24.6 Å². The van der Waals surface area contributed by atoms with Gasteiger partial charge in [-0.25, -0.2) is 0 Å². The van der Waals surface area contributed by atoms with Gasteiger partial charge in [-0.15, -0.1) is 0 Å². The quantitative estimate of drug-likeness (QED) is 0.484. The van der Waals surface area contributed by atoms with E-state index in [0.717, 1.165) is 31.7 Å². The summed E-state index contributed by atoms with van der Waals surface area (Å²) in [5, 5.41) is 13.2. The van der Waals surface area contributed by atoms with Gasteiger partial charge in [-0.2, -0.15) is 0 Å². The van der Waals surface area contributed by atoms with Crippen LogP contribution in [-0.2, 0) is 9.53 Å². The van der Waals surface area contributed by atoms with Gasteiger partial charge in [-0.1, -0.05) is 18.2 Å². The first-order chi connectivity index (χ1) is 14.5. The van der Waals surface area contributed by atoms with E-state index < -0.39 is 6.10 Å². The molecule has 1 aromatic rings. The van der Waals surface area contributed by atoms with Gasteiger partial charge in [0.2, 0.25) is 5.91 Å². The molecular weight excluding hydrogens is 386 g/mol. The molecule has 1 aromatic carbocycles. The smallest absolute Gasteiger partial charge is 0.234 e. The molecule has 168 valence electrons. The highest BCUT2D eigenvalue weighted by atomic mass is 16.5. The molecule has 0 spiro atoms. The number of β-amino-alcohol motifs (C(OH)–C–C–N with tert-alkyl or cyclic N) is 1. The predicted octanol–water partition coefficient (Wildman–Crippen LogP) is 0.848. The van der Waals surface area contributed by atoms with Crippen LogP contribution < -0.4 is 14.8 Å². The minimum Gasteiger partial charge on any atom is -0.493 e. The molecule has 1 heterocycles. The largest absolute Gasteiger partial charge is 0.493 e. The lowest BCUT2D eigenvalue weighted by molar-refractivity contribution is -0.122. The van der Waals surface area contributed by atoms with E-state index in [9.17, 15) is 9.90 Å². The molecule has 1 amide bonds. The average Bonchev–Trinajstić information content (AvgIpc) is 2.74. The summed E-state index contributed by atoms with van der Waals surface area (Å²) in [7, 11) is 3.22. The minimum absolute atomic E-state index is 0.0170. The second kappa shape index (κ2) is 13.2. The van der Waals surface area contributed by atoms with E-state index in [0.29, 0.717) is 37.7 Å². The summed E-state index contributed by atoms with van der Waals surface area (Å²) in [5.74, 6) is 1.28. The summed E-state index contributed by atoms with van der Waals surface area (Å²) >= 11 is 0. The summed E-state index contributed by atoms with van der Waals surface area (Å²) in [4.78, 5) is 16.2. The van der Waals surface area contributed by atoms with Gasteiger partial charge < -0.3 is 24.6 Å². The first-order valence-electron chi connectivity index (χ1n) is 10.4. The summed E-state index contributed by atoms with van der Waals surface area (Å²) < 4.78 is 16.1. The number of hydrogen-bond acceptors (Lipinski definition) is 7. The summed E-state index contributed by atoms with van der Waals surface area (Å²) in [5.41, 5.74) is 1.03. The Morgan fingerprint density at radius 3 is 2.60 bits per heavy atom. The van der Waals surface area contributed by atoms with Crippen LogP contribution in [-0.4, -0.2) is 100 Å². The lowest BCUT2D eigenvalue weighted by atomic mass is 10.2. The maximum atomic E-state index is 11.9. The van der Waals surface area contributed by atoms with Crippen molar-refractivity contribution in [2.75, 3.05) is 73.2 Å². The Balaban J connectivity index is 1.70. The normalized spacial score (nSPS) is 16.5. The number of aliphatic hydroxyl groups excluding tert-OH is 1. The van der Waals surface area contributed by atoms with Crippen molar-refractivity contribution in [1.82, 2.24) is 15.1 Å². The van der Waals surface area contributed by atoms with Crippen molar-refractivity contribution < 1.29 is 24.1 Å². The van der Waals surface area contributed by atoms with Crippen molar-refractivity contribution in [3.05, 3.63) is 29.8 Å². The van der Waals surface area contributed by atoms with Crippen LogP contribution in [0.15, 0.2) is 24.3 Å². The fourth-order valence-corrected chi connectivity index (χ4v) is 3.32. The third kappa shape index (κ3) is 8.31. The molecule has 2 rings (SSSR count). The lowest BCUT2D eigenvalue weighted by Crippen LogP contribution is -2.51. The Kier molecular flexibility index (Phi) is 10.6. The molecule has 0 aromatic heterocycles. The average molecular weight is 422 g/mol. The molecule has 1 saturated heterocycles. The van der Waals surface area contributed by atoms with Crippen LogP contribution >= 0.6 is 0 Å². The van der Waals surface area contributed by atoms with Crippen LogP contribution in [0.25, 0.3) is 6.08 Å². The van der Waals surface area contributed by atoms with Gasteiger partial charge >= 0.3 is 0 Å². The number of allylic oxidation sites excluding steroid dienone is 1. The first-order valence-corrected chi connectivity index (χ1v) is 10.4. The van der Waals surface area contributed by atoms with Crippen molar-refractivity contribution in [1.29, 1.82) is 0 Å². The molecule has 0 bridgehead atoms. The number of carbonyl (C=O) groups excluding carboxylic acids is 1. The Morgan fingerprint density at radius 2 is 1.93 bits per heavy atom. The number of ether oxygens (including phenoxy) is 3. The molecule has 2 N–H and O–H groups in total. The molecule has 1 atom stereocenters. The fourth-order valence-electron chi connectivity index (χ4n) is 3.32. The number of nitrogens with one attached hydrogen (secondary N) is 1. The number of piperazine rings is 1. The maximum absolute atomic E-state index is 11.9. The number of hydrogen-bond donors (Lipinski definition) is 2. The van der Waals surface area contributed by atoms with Crippen molar-refractivity contribution in [3.8, 4) is 11.5 Å². The number of nitrogens with zero attached hydrogens (tertiary/aromatic N) is 2. The molecule has 1 aliphatic rings. The highest BCUT2D eigenvalue weighted by molar-refractivity contribution is 5.78. The second-order valence-electron chi connectivity index (χ2n) is 7.29. The van der Waals surface area contributed by atoms with Crippen LogP contribution in [0.4, 0.5) is 0 Å². The van der Waals surface area contributed by atoms with E-state index in [2.05, 4.69) is 15.1 Å². The molecule has 1 aliphatic heterocycles. The standard InChI is InChI=1S/C22H35N3O5/c1-4-5-18-6-7-20(21(14-18)29-3)30-17-19(26)15-24-9-11-25(12-10-24)16-22(27)23-8-13-28-2/h4-7,14,19,26H,8-13,15-17H2,1-3H3,(H,23,27)/b5-4+. The number of amides is 1. The zero-order valence-corrected chi connectivity index (χ0v) is 18.3. The third-order valence-electron chi connectivity index (χ3n) is 4.91. The van der Waals surface area contributed by atoms with Crippen molar-refractivity contribution in [2.24, 2.45) is 0 Å². The monoisotopic (exact) mass is 421 g/mol. The molecule has 0 saturated carbocycles. The van der Waals surface area contributed by atoms with E-state index in [-0.39, 0.29) is 12.5 Å². The zero-order chi connectivity index (χ0) is 21.8. The van der Waals surface area contributed by atoms with Crippen molar-refractivity contribution in [2.45, 2.75) is 13.0 Å². The van der Waals surface area contributed by atoms with E-state index in [1.54, 1.807) is 14.2 Å². The van der Waals surface area contributed by atoms with E-state index >= 15 is 0 Å². The van der Waals surface area contributed by atoms with Crippen LogP contribution in [0.5, 0.6) is 11.5 Å². The molecule has 8 nitrogen and oxygen atoms in total. The van der Waals surface area contributed by atoms with Crippen LogP contribution in [0.2, 0.25) is 0 Å². The minimum atomic E-state index is -0.603. The van der Waals surface area contributed by atoms with Gasteiger partial charge in [0, 0.05) is 46.4 Å². The summed E-state index contributed by atoms with van der Waals surface area (Å²) in [6.07, 6.45) is 3.35. The zero-order valence-electron chi connectivity index (χ0n) is 18.3. The topological polar surface area (TPSA) is 83.5 Å². The van der Waals surface area contributed by atoms with Crippen LogP contribution in [0.1, 0.15) is 12.5 Å². The highest BCUT2D eigenvalue weighted by Crippen LogP contribution is 2.28. The van der Waals surface area contributed by atoms with E-state index in [1.165, 1.54) is 0 Å². The van der Waals surface area contributed by atoms with Crippen molar-refractivity contribution >= 4 is 12.0 Å². The Hall–Kier alpha value is -2.13. The number of rotatable bonds is 12. The van der Waals surface area contributed by atoms with Gasteiger partial charge in [0.1, 0.15) is 12.7 Å². The Morgan fingerprint density at radius 1 is 1.20 bits per heavy atom. The first kappa shape index (κ1) is 24.1. The maximum Gasteiger partial charge on any atom is 0.234 e. The Labute approximate surface area is 179 Å². The van der Waals surface area contributed by atoms with Crippen LogP contribution in [0.3, 0.4) is 0 Å². The molecule has 1 unspecified atom stereocenters. The SMILES string of the molecule is C/C=C/c1ccc(OCC(O)CN2CCN(CC(=O)NCCOC)CC2)c(OC)c1. The van der Waals surface area contributed by atoms with Gasteiger partial charge in [0.25, 0.3) is 0 Å². The number of carbonyl (C=O) groups is 1. The van der Waals surface area contributed by atoms with E-state index in [1.807, 2.05) is 37.3 Å². The number of benzene rings is 1. The summed E-state index contributed by atoms with van der Waals surface area (Å²) in [6.45, 7) is 7.35. The van der Waals surface area contributed by atoms with Gasteiger partial charge in [-0.3, -0.25) is 14.6 Å². The fraction of sp³-hybridized carbons (Fsp3) is 0.591. The molecular formula is C22H35N3O5. The molecule has 30 heavy (non-hydrogen) atoms. The Bertz CT molecular complexity index is 675. The van der Waals surface area contributed by atoms with Crippen molar-refractivity contribution in [3.63, 3.8) is 0 Å². The van der Waals surface area contributed by atoms with Crippen LogP contribution in [0, 0.1) is 0 Å². The highest BCUT2D eigenvalue weighted by Gasteiger charge is 2.21. The number of aliphatic hydroxyl groups is 1. The van der Waals surface area contributed by atoms with Gasteiger partial charge in [0.05, 0.1) is 20.3 Å². The summed E-state index contributed by atoms with van der Waals surface area (Å²) in [6, 6.07) is 5.72. The van der Waals surface area contributed by atoms with Gasteiger partial charge in [0.15, 0.2) is 11.5 Å². The second-order valence-corrected chi connectivity index (χ2v) is 7.29. The lowest BCUT2D eigenvalue weighted by Gasteiger charge is -2.35. The third-order valence-corrected chi connectivity index (χ3v) is 4.91. The molecule has 1 fully saturated rings. The predicted molar refractivity (Wildman–Crippen MR) is 117 cm³/mol. The molecule has 0 radical (unpaired) electrons. The molecule has 0 aliphatic carbocycles. The van der Waals surface area contributed by atoms with E-state index in [4.69, 9.17) is 14.2 Å².